The fraction of sp³-hybridized carbons (Fsp3) is 0.462. The van der Waals surface area contributed by atoms with E-state index in [0.717, 1.165) is 72.3 Å². The number of carbonyl (C=O) groups is 3. The highest BCUT2D eigenvalue weighted by molar-refractivity contribution is 5.80. The molecule has 12 heteroatoms. The first kappa shape index (κ1) is 39.1. The van der Waals surface area contributed by atoms with E-state index in [1.54, 1.807) is 0 Å². The van der Waals surface area contributed by atoms with Gasteiger partial charge in [-0.2, -0.15) is 0 Å². The molecule has 0 radical (unpaired) electrons. The number of nitrogens with one attached hydrogen (secondary N) is 3. The van der Waals surface area contributed by atoms with Gasteiger partial charge in [-0.3, -0.25) is 14.4 Å². The molecule has 1 aliphatic rings. The lowest BCUT2D eigenvalue weighted by atomic mass is 10.1. The second-order valence-electron chi connectivity index (χ2n) is 13.1. The van der Waals surface area contributed by atoms with Gasteiger partial charge < -0.3 is 47.9 Å². The van der Waals surface area contributed by atoms with Crippen molar-refractivity contribution >= 4 is 34.8 Å². The van der Waals surface area contributed by atoms with E-state index in [1.165, 1.54) is 0 Å². The number of anilines is 3. The van der Waals surface area contributed by atoms with E-state index in [1.807, 2.05) is 36.4 Å². The van der Waals surface area contributed by atoms with Gasteiger partial charge in [-0.1, -0.05) is 36.4 Å². The predicted octanol–water partition coefficient (Wildman–Crippen LogP) is 2.59. The molecule has 1 aliphatic heterocycles. The van der Waals surface area contributed by atoms with Crippen LogP contribution in [0.4, 0.5) is 17.1 Å². The van der Waals surface area contributed by atoms with Crippen LogP contribution in [0.5, 0.6) is 0 Å². The lowest BCUT2D eigenvalue weighted by molar-refractivity contribution is -0.121. The van der Waals surface area contributed by atoms with Gasteiger partial charge in [0.1, 0.15) is 0 Å². The second kappa shape index (κ2) is 21.5. The summed E-state index contributed by atoms with van der Waals surface area (Å²) in [5.41, 5.74) is 22.7. The van der Waals surface area contributed by atoms with Crippen LogP contribution in [0.15, 0.2) is 72.8 Å². The molecule has 0 unspecified atom stereocenters. The van der Waals surface area contributed by atoms with Crippen LogP contribution in [0, 0.1) is 0 Å². The average Bonchev–Trinajstić information content (AvgIpc) is 3.14. The van der Waals surface area contributed by atoms with E-state index in [0.29, 0.717) is 78.5 Å². The molecule has 51 heavy (non-hydrogen) atoms. The van der Waals surface area contributed by atoms with E-state index >= 15 is 0 Å². The highest BCUT2D eigenvalue weighted by atomic mass is 16.2. The van der Waals surface area contributed by atoms with Gasteiger partial charge in [0.05, 0.1) is 39.3 Å². The molecule has 9 N–H and O–H groups in total. The Balaban J connectivity index is 1.45. The molecule has 3 amide bonds. The number of hydrogen-bond donors (Lipinski definition) is 6. The van der Waals surface area contributed by atoms with Crippen molar-refractivity contribution in [1.29, 1.82) is 0 Å². The molecule has 0 saturated carbocycles. The van der Waals surface area contributed by atoms with Crippen molar-refractivity contribution in [3.63, 3.8) is 0 Å². The number of carbonyl (C=O) groups excluding carboxylic acids is 3. The van der Waals surface area contributed by atoms with Crippen LogP contribution < -0.4 is 47.9 Å². The molecule has 276 valence electrons. The summed E-state index contributed by atoms with van der Waals surface area (Å²) in [7, 11) is 0. The summed E-state index contributed by atoms with van der Waals surface area (Å²) in [4.78, 5) is 44.2. The number of nitrogens with zero attached hydrogens (tertiary/aromatic N) is 3. The fourth-order valence-corrected chi connectivity index (χ4v) is 5.95. The molecule has 1 fully saturated rings. The summed E-state index contributed by atoms with van der Waals surface area (Å²) in [6.07, 6.45) is 6.32. The quantitative estimate of drug-likeness (QED) is 0.0914. The maximum atomic E-state index is 12.5. The van der Waals surface area contributed by atoms with Crippen LogP contribution in [0.25, 0.3) is 0 Å². The van der Waals surface area contributed by atoms with Gasteiger partial charge in [0.2, 0.25) is 17.7 Å². The number of benzene rings is 3. The summed E-state index contributed by atoms with van der Waals surface area (Å²) in [6.45, 7) is 5.76. The minimum atomic E-state index is 0.00939. The fourth-order valence-electron chi connectivity index (χ4n) is 5.95. The third-order valence-corrected chi connectivity index (χ3v) is 8.88. The van der Waals surface area contributed by atoms with Crippen LogP contribution in [-0.4, -0.2) is 77.0 Å². The van der Waals surface area contributed by atoms with Gasteiger partial charge >= 0.3 is 0 Å². The second-order valence-corrected chi connectivity index (χ2v) is 13.1. The minimum absolute atomic E-state index is 0.00939. The number of rotatable bonds is 21. The first-order valence-electron chi connectivity index (χ1n) is 18.3. The molecular formula is C39H57N9O3. The van der Waals surface area contributed by atoms with Crippen LogP contribution in [0.1, 0.15) is 55.2 Å². The van der Waals surface area contributed by atoms with Crippen molar-refractivity contribution in [2.45, 2.75) is 57.8 Å². The smallest absolute Gasteiger partial charge is 0.224 e. The predicted molar refractivity (Wildman–Crippen MR) is 206 cm³/mol. The molecule has 12 nitrogen and oxygen atoms in total. The number of hydrogen-bond acceptors (Lipinski definition) is 9. The maximum absolute atomic E-state index is 12.5. The van der Waals surface area contributed by atoms with E-state index in [9.17, 15) is 14.4 Å². The first-order valence-corrected chi connectivity index (χ1v) is 18.3. The molecule has 0 atom stereocenters. The lowest BCUT2D eigenvalue weighted by Crippen LogP contribution is -2.55. The van der Waals surface area contributed by atoms with Crippen LogP contribution in [0.3, 0.4) is 0 Å². The Morgan fingerprint density at radius 3 is 0.922 bits per heavy atom. The summed E-state index contributed by atoms with van der Waals surface area (Å²) < 4.78 is 0. The molecule has 4 rings (SSSR count). The highest BCUT2D eigenvalue weighted by Gasteiger charge is 2.25. The molecule has 0 aromatic heterocycles. The zero-order valence-corrected chi connectivity index (χ0v) is 30.0. The molecule has 3 aromatic rings. The molecule has 3 aromatic carbocycles. The molecular weight excluding hydrogens is 642 g/mol. The van der Waals surface area contributed by atoms with Gasteiger partial charge in [-0.15, -0.1) is 0 Å². The zero-order chi connectivity index (χ0) is 36.3. The van der Waals surface area contributed by atoms with Crippen molar-refractivity contribution in [1.82, 2.24) is 16.0 Å². The van der Waals surface area contributed by atoms with Gasteiger partial charge in [0.15, 0.2) is 0 Å². The Labute approximate surface area is 303 Å². The normalized spacial score (nSPS) is 12.9. The summed E-state index contributed by atoms with van der Waals surface area (Å²) in [6, 6.07) is 24.5. The van der Waals surface area contributed by atoms with E-state index in [2.05, 4.69) is 67.0 Å². The van der Waals surface area contributed by atoms with Crippen LogP contribution in [0.2, 0.25) is 0 Å². The van der Waals surface area contributed by atoms with Crippen LogP contribution >= 0.6 is 0 Å². The monoisotopic (exact) mass is 699 g/mol. The van der Waals surface area contributed by atoms with Crippen molar-refractivity contribution < 1.29 is 14.4 Å². The van der Waals surface area contributed by atoms with Crippen molar-refractivity contribution in [3.05, 3.63) is 89.5 Å². The Bertz CT molecular complexity index is 1300. The Hall–Kier alpha value is -4.65. The third kappa shape index (κ3) is 13.5. The van der Waals surface area contributed by atoms with Crippen LogP contribution in [-0.2, 0) is 33.6 Å². The first-order chi connectivity index (χ1) is 24.9. The minimum Gasteiger partial charge on any atom is -0.356 e. The Morgan fingerprint density at radius 2 is 0.686 bits per heavy atom. The van der Waals surface area contributed by atoms with E-state index < -0.39 is 0 Å². The standard InChI is InChI=1S/C39H57N9O3/c40-19-1-4-22-43-37(49)25-31-7-13-34(14-8-31)46-28-47(35-15-9-32(10-16-35)26-38(50)44-23-5-2-20-41)30-48(29-46)36-17-11-33(12-18-36)27-39(51)45-24-6-3-21-42/h7-18H,1-6,19-30,40-42H2,(H,43,49)(H,44,50)(H,45,51). The molecule has 1 heterocycles. The topological polar surface area (TPSA) is 175 Å². The van der Waals surface area contributed by atoms with E-state index in [-0.39, 0.29) is 17.7 Å². The van der Waals surface area contributed by atoms with Gasteiger partial charge in [-0.05, 0) is 111 Å². The molecule has 0 aliphatic carbocycles. The number of amides is 3. The number of unbranched alkanes of at least 4 members (excludes halogenated alkanes) is 3. The van der Waals surface area contributed by atoms with Gasteiger partial charge in [0, 0.05) is 36.7 Å². The average molecular weight is 700 g/mol. The molecule has 0 spiro atoms. The Morgan fingerprint density at radius 1 is 0.431 bits per heavy atom. The van der Waals surface area contributed by atoms with Crippen molar-refractivity contribution in [2.24, 2.45) is 17.2 Å². The largest absolute Gasteiger partial charge is 0.356 e. The lowest BCUT2D eigenvalue weighted by Gasteiger charge is -2.45. The summed E-state index contributed by atoms with van der Waals surface area (Å²) in [5.74, 6) is 0.0282. The van der Waals surface area contributed by atoms with E-state index in [4.69, 9.17) is 17.2 Å². The summed E-state index contributed by atoms with van der Waals surface area (Å²) >= 11 is 0. The van der Waals surface area contributed by atoms with Crippen molar-refractivity contribution in [2.75, 3.05) is 74.0 Å². The van der Waals surface area contributed by atoms with Gasteiger partial charge in [-0.25, -0.2) is 0 Å². The highest BCUT2D eigenvalue weighted by Crippen LogP contribution is 2.28. The summed E-state index contributed by atoms with van der Waals surface area (Å²) in [5, 5.41) is 8.93. The van der Waals surface area contributed by atoms with Crippen molar-refractivity contribution in [3.8, 4) is 0 Å². The Kier molecular flexibility index (Phi) is 16.5. The third-order valence-electron chi connectivity index (χ3n) is 8.88. The SMILES string of the molecule is NCCCCNC(=O)Cc1ccc(N2CN(c3ccc(CC(=O)NCCCCN)cc3)CN(c3ccc(CC(=O)NCCCCN)cc3)C2)cc1. The zero-order valence-electron chi connectivity index (χ0n) is 30.0. The number of nitrogens with two attached hydrogens (primary N) is 3. The van der Waals surface area contributed by atoms with Gasteiger partial charge in [0.25, 0.3) is 0 Å². The molecule has 1 saturated heterocycles. The maximum Gasteiger partial charge on any atom is 0.224 e. The molecule has 0 bridgehead atoms.